The molecular weight excluding hydrogens is 349 g/mol. The zero-order chi connectivity index (χ0) is 15.9. The maximum atomic E-state index is 13.4. The third-order valence-electron chi connectivity index (χ3n) is 3.07. The number of aryl methyl sites for hydroxylation is 1. The van der Waals surface area contributed by atoms with Crippen LogP contribution in [0.15, 0.2) is 46.9 Å². The van der Waals surface area contributed by atoms with Gasteiger partial charge in [-0.3, -0.25) is 4.79 Å². The second-order valence-electron chi connectivity index (χ2n) is 4.92. The Hall–Kier alpha value is -1.88. The van der Waals surface area contributed by atoms with Crippen molar-refractivity contribution in [3.63, 3.8) is 0 Å². The zero-order valence-corrected chi connectivity index (χ0v) is 13.8. The van der Waals surface area contributed by atoms with Crippen LogP contribution in [-0.4, -0.2) is 12.5 Å². The van der Waals surface area contributed by atoms with Crippen molar-refractivity contribution in [2.75, 3.05) is 11.9 Å². The summed E-state index contributed by atoms with van der Waals surface area (Å²) in [7, 11) is 0. The Labute approximate surface area is 137 Å². The van der Waals surface area contributed by atoms with Gasteiger partial charge in [0.1, 0.15) is 11.6 Å². The van der Waals surface area contributed by atoms with Gasteiger partial charge >= 0.3 is 0 Å². The van der Waals surface area contributed by atoms with Crippen LogP contribution in [0.3, 0.4) is 0 Å². The predicted molar refractivity (Wildman–Crippen MR) is 88.6 cm³/mol. The second kappa shape index (κ2) is 7.94. The zero-order valence-electron chi connectivity index (χ0n) is 12.2. The highest BCUT2D eigenvalue weighted by atomic mass is 79.9. The van der Waals surface area contributed by atoms with Crippen molar-refractivity contribution < 1.29 is 13.9 Å². The molecule has 0 bridgehead atoms. The molecule has 2 rings (SSSR count). The number of carbonyl (C=O) groups is 1. The summed E-state index contributed by atoms with van der Waals surface area (Å²) in [5.41, 5.74) is 1.03. The van der Waals surface area contributed by atoms with Gasteiger partial charge in [0.05, 0.1) is 6.61 Å². The Morgan fingerprint density at radius 2 is 2.09 bits per heavy atom. The van der Waals surface area contributed by atoms with Gasteiger partial charge in [0.25, 0.3) is 0 Å². The number of benzene rings is 2. The molecule has 22 heavy (non-hydrogen) atoms. The van der Waals surface area contributed by atoms with Gasteiger partial charge in [-0.15, -0.1) is 0 Å². The molecule has 0 aliphatic carbocycles. The van der Waals surface area contributed by atoms with Crippen molar-refractivity contribution in [1.82, 2.24) is 0 Å². The largest absolute Gasteiger partial charge is 0.494 e. The molecular formula is C17H17BrFNO2. The van der Waals surface area contributed by atoms with Crippen LogP contribution < -0.4 is 10.1 Å². The first-order valence-corrected chi connectivity index (χ1v) is 7.78. The van der Waals surface area contributed by atoms with Gasteiger partial charge in [-0.05, 0) is 49.2 Å². The summed E-state index contributed by atoms with van der Waals surface area (Å²) < 4.78 is 19.9. The fourth-order valence-electron chi connectivity index (χ4n) is 1.87. The van der Waals surface area contributed by atoms with Crippen molar-refractivity contribution >= 4 is 27.5 Å². The van der Waals surface area contributed by atoms with Crippen LogP contribution in [0, 0.1) is 12.7 Å². The molecule has 0 heterocycles. The monoisotopic (exact) mass is 365 g/mol. The summed E-state index contributed by atoms with van der Waals surface area (Å²) in [6, 6.07) is 12.2. The minimum absolute atomic E-state index is 0.152. The van der Waals surface area contributed by atoms with Gasteiger partial charge in [-0.25, -0.2) is 4.39 Å². The highest BCUT2D eigenvalue weighted by molar-refractivity contribution is 9.10. The Morgan fingerprint density at radius 1 is 1.27 bits per heavy atom. The normalized spacial score (nSPS) is 10.3. The van der Waals surface area contributed by atoms with Crippen LogP contribution in [0.4, 0.5) is 10.1 Å². The number of hydrogen-bond donors (Lipinski definition) is 1. The molecule has 3 nitrogen and oxygen atoms in total. The third-order valence-corrected chi connectivity index (χ3v) is 3.56. The lowest BCUT2D eigenvalue weighted by Gasteiger charge is -2.08. The van der Waals surface area contributed by atoms with Crippen LogP contribution in [0.5, 0.6) is 5.75 Å². The molecule has 0 radical (unpaired) electrons. The Bertz CT molecular complexity index is 661. The third kappa shape index (κ3) is 5.15. The van der Waals surface area contributed by atoms with E-state index in [-0.39, 0.29) is 11.7 Å². The smallest absolute Gasteiger partial charge is 0.224 e. The summed E-state index contributed by atoms with van der Waals surface area (Å²) in [5.74, 6) is 0.285. The molecule has 0 saturated heterocycles. The lowest BCUT2D eigenvalue weighted by Crippen LogP contribution is -2.13. The quantitative estimate of drug-likeness (QED) is 0.753. The van der Waals surface area contributed by atoms with Crippen molar-refractivity contribution in [2.45, 2.75) is 19.8 Å². The number of ether oxygens (including phenoxy) is 1. The van der Waals surface area contributed by atoms with Gasteiger partial charge in [0.2, 0.25) is 5.91 Å². The van der Waals surface area contributed by atoms with Crippen molar-refractivity contribution in [3.05, 3.63) is 58.3 Å². The molecule has 0 aliphatic heterocycles. The van der Waals surface area contributed by atoms with Gasteiger partial charge < -0.3 is 10.1 Å². The van der Waals surface area contributed by atoms with E-state index in [4.69, 9.17) is 4.74 Å². The van der Waals surface area contributed by atoms with Crippen LogP contribution in [0.25, 0.3) is 0 Å². The summed E-state index contributed by atoms with van der Waals surface area (Å²) in [6.07, 6.45) is 0.913. The molecule has 0 aliphatic rings. The minimum atomic E-state index is -0.323. The molecule has 0 saturated carbocycles. The molecule has 0 fully saturated rings. The van der Waals surface area contributed by atoms with E-state index in [0.717, 1.165) is 10.2 Å². The summed E-state index contributed by atoms with van der Waals surface area (Å²) in [5, 5.41) is 2.68. The van der Waals surface area contributed by atoms with Crippen molar-refractivity contribution in [2.24, 2.45) is 0 Å². The number of amides is 1. The van der Waals surface area contributed by atoms with E-state index in [2.05, 4.69) is 21.2 Å². The Kier molecular flexibility index (Phi) is 5.95. The van der Waals surface area contributed by atoms with E-state index in [1.54, 1.807) is 19.1 Å². The topological polar surface area (TPSA) is 38.3 Å². The SMILES string of the molecule is Cc1ccc(NC(=O)CCCOc2cccc(Br)c2)cc1F. The number of anilines is 1. The first-order chi connectivity index (χ1) is 10.5. The number of halogens is 2. The fraction of sp³-hybridized carbons (Fsp3) is 0.235. The van der Waals surface area contributed by atoms with Gasteiger partial charge in [-0.2, -0.15) is 0 Å². The van der Waals surface area contributed by atoms with Gasteiger partial charge in [0.15, 0.2) is 0 Å². The molecule has 5 heteroatoms. The molecule has 2 aromatic rings. The second-order valence-corrected chi connectivity index (χ2v) is 5.84. The average molecular weight is 366 g/mol. The lowest BCUT2D eigenvalue weighted by atomic mass is 10.2. The van der Waals surface area contributed by atoms with E-state index >= 15 is 0 Å². The molecule has 0 aromatic heterocycles. The fourth-order valence-corrected chi connectivity index (χ4v) is 2.25. The van der Waals surface area contributed by atoms with E-state index in [0.29, 0.717) is 30.7 Å². The first kappa shape index (κ1) is 16.5. The number of carbonyl (C=O) groups excluding carboxylic acids is 1. The van der Waals surface area contributed by atoms with E-state index in [1.165, 1.54) is 6.07 Å². The molecule has 2 aromatic carbocycles. The molecule has 0 spiro atoms. The average Bonchev–Trinajstić information content (AvgIpc) is 2.48. The highest BCUT2D eigenvalue weighted by Gasteiger charge is 2.05. The molecule has 116 valence electrons. The number of rotatable bonds is 6. The molecule has 1 N–H and O–H groups in total. The molecule has 0 unspecified atom stereocenters. The Balaban J connectivity index is 1.72. The maximum Gasteiger partial charge on any atom is 0.224 e. The van der Waals surface area contributed by atoms with Crippen LogP contribution in [0.2, 0.25) is 0 Å². The van der Waals surface area contributed by atoms with Crippen molar-refractivity contribution in [3.8, 4) is 5.75 Å². The van der Waals surface area contributed by atoms with Crippen LogP contribution in [-0.2, 0) is 4.79 Å². The summed E-state index contributed by atoms with van der Waals surface area (Å²) in [6.45, 7) is 2.13. The molecule has 1 amide bonds. The van der Waals surface area contributed by atoms with E-state index in [1.807, 2.05) is 24.3 Å². The van der Waals surface area contributed by atoms with E-state index < -0.39 is 0 Å². The van der Waals surface area contributed by atoms with Gasteiger partial charge in [0, 0.05) is 16.6 Å². The van der Waals surface area contributed by atoms with Crippen LogP contribution >= 0.6 is 15.9 Å². The van der Waals surface area contributed by atoms with E-state index in [9.17, 15) is 9.18 Å². The molecule has 0 atom stereocenters. The minimum Gasteiger partial charge on any atom is -0.494 e. The van der Waals surface area contributed by atoms with Gasteiger partial charge in [-0.1, -0.05) is 28.1 Å². The number of nitrogens with one attached hydrogen (secondary N) is 1. The Morgan fingerprint density at radius 3 is 2.82 bits per heavy atom. The summed E-state index contributed by atoms with van der Waals surface area (Å²) in [4.78, 5) is 11.8. The predicted octanol–water partition coefficient (Wildman–Crippen LogP) is 4.69. The lowest BCUT2D eigenvalue weighted by molar-refractivity contribution is -0.116. The van der Waals surface area contributed by atoms with Crippen molar-refractivity contribution in [1.29, 1.82) is 0 Å². The summed E-state index contributed by atoms with van der Waals surface area (Å²) >= 11 is 3.37. The maximum absolute atomic E-state index is 13.4. The number of hydrogen-bond acceptors (Lipinski definition) is 2. The standard InChI is InChI=1S/C17H17BrFNO2/c1-12-7-8-14(11-16(12)19)20-17(21)6-3-9-22-15-5-2-4-13(18)10-15/h2,4-5,7-8,10-11H,3,6,9H2,1H3,(H,20,21). The first-order valence-electron chi connectivity index (χ1n) is 6.99. The highest BCUT2D eigenvalue weighted by Crippen LogP contribution is 2.18. The van der Waals surface area contributed by atoms with Crippen LogP contribution in [0.1, 0.15) is 18.4 Å².